The van der Waals surface area contributed by atoms with Crippen molar-refractivity contribution >= 4 is 5.78 Å². The van der Waals surface area contributed by atoms with Crippen LogP contribution in [0.1, 0.15) is 86.0 Å². The van der Waals surface area contributed by atoms with Crippen LogP contribution in [-0.4, -0.2) is 34.5 Å². The summed E-state index contributed by atoms with van der Waals surface area (Å²) in [5.74, 6) is 2.02. The second kappa shape index (κ2) is 5.82. The van der Waals surface area contributed by atoms with Gasteiger partial charge >= 0.3 is 0 Å². The number of carbonyl (C=O) groups excluding carboxylic acids is 1. The highest BCUT2D eigenvalue weighted by molar-refractivity contribution is 5.88. The summed E-state index contributed by atoms with van der Waals surface area (Å²) in [5.41, 5.74) is -0.548. The Labute approximate surface area is 169 Å². The van der Waals surface area contributed by atoms with Crippen molar-refractivity contribution in [3.63, 3.8) is 0 Å². The van der Waals surface area contributed by atoms with Crippen molar-refractivity contribution in [2.45, 2.75) is 110 Å². The van der Waals surface area contributed by atoms with Crippen LogP contribution in [0.15, 0.2) is 0 Å². The fourth-order valence-electron chi connectivity index (χ4n) is 8.98. The molecule has 0 radical (unpaired) electrons. The molecular weight excluding hydrogens is 352 g/mol. The molecule has 1 N–H and O–H groups in total. The van der Waals surface area contributed by atoms with E-state index in [9.17, 15) is 9.90 Å². The van der Waals surface area contributed by atoms with Crippen LogP contribution in [0.2, 0.25) is 0 Å². The van der Waals surface area contributed by atoms with Gasteiger partial charge in [-0.25, -0.2) is 0 Å². The summed E-state index contributed by atoms with van der Waals surface area (Å²) in [6.45, 7) is 10.5. The van der Waals surface area contributed by atoms with Crippen molar-refractivity contribution in [2.24, 2.45) is 34.5 Å². The fourth-order valence-corrected chi connectivity index (χ4v) is 8.98. The van der Waals surface area contributed by atoms with E-state index in [2.05, 4.69) is 13.8 Å². The lowest BCUT2D eigenvalue weighted by Crippen LogP contribution is -2.60. The molecule has 0 spiro atoms. The minimum Gasteiger partial charge on any atom is -0.393 e. The molecule has 0 bridgehead atoms. The number of carbonyl (C=O) groups is 1. The zero-order valence-corrected chi connectivity index (χ0v) is 18.3. The molecule has 1 saturated heterocycles. The molecular formula is C24H38O4. The summed E-state index contributed by atoms with van der Waals surface area (Å²) in [7, 11) is 0. The molecule has 9 atom stereocenters. The topological polar surface area (TPSA) is 55.8 Å². The summed E-state index contributed by atoms with van der Waals surface area (Å²) in [5, 5.41) is 10.2. The van der Waals surface area contributed by atoms with E-state index in [-0.39, 0.29) is 23.4 Å². The first-order valence-corrected chi connectivity index (χ1v) is 11.6. The van der Waals surface area contributed by atoms with Crippen LogP contribution in [0.3, 0.4) is 0 Å². The Hall–Kier alpha value is -0.450. The van der Waals surface area contributed by atoms with Crippen LogP contribution in [0, 0.1) is 34.5 Å². The average Bonchev–Trinajstić information content (AvgIpc) is 3.02. The molecule has 0 aromatic rings. The van der Waals surface area contributed by atoms with E-state index < -0.39 is 11.4 Å². The molecule has 0 aromatic carbocycles. The third-order valence-electron chi connectivity index (χ3n) is 10.2. The van der Waals surface area contributed by atoms with Gasteiger partial charge in [-0.2, -0.15) is 0 Å². The first-order valence-electron chi connectivity index (χ1n) is 11.6. The van der Waals surface area contributed by atoms with Crippen LogP contribution in [-0.2, 0) is 14.3 Å². The van der Waals surface area contributed by atoms with Gasteiger partial charge in [0.15, 0.2) is 17.2 Å². The zero-order chi connectivity index (χ0) is 20.1. The first kappa shape index (κ1) is 19.5. The van der Waals surface area contributed by atoms with E-state index in [1.54, 1.807) is 6.92 Å². The maximum Gasteiger partial charge on any atom is 0.164 e. The molecule has 4 heteroatoms. The molecule has 28 heavy (non-hydrogen) atoms. The molecule has 0 unspecified atom stereocenters. The SMILES string of the molecule is CC(=O)[C@@]12OC(C)(C)O[C@@H]1C[C@@H]1[C@@H]3CC[C@H]4C[C@@H](O)CC[C@]4(C)[C@H]3CC[C@@]12C. The number of hydrogen-bond acceptors (Lipinski definition) is 4. The number of ketones is 1. The number of fused-ring (bicyclic) bond motifs is 7. The molecule has 4 saturated carbocycles. The minimum atomic E-state index is -0.771. The summed E-state index contributed by atoms with van der Waals surface area (Å²) in [4.78, 5) is 13.1. The van der Waals surface area contributed by atoms with Gasteiger partial charge in [-0.05, 0) is 101 Å². The van der Waals surface area contributed by atoms with E-state index >= 15 is 0 Å². The highest BCUT2D eigenvalue weighted by atomic mass is 16.8. The van der Waals surface area contributed by atoms with Gasteiger partial charge in [0.1, 0.15) is 0 Å². The Bertz CT molecular complexity index is 688. The van der Waals surface area contributed by atoms with E-state index in [0.29, 0.717) is 29.1 Å². The number of rotatable bonds is 1. The zero-order valence-electron chi connectivity index (χ0n) is 18.3. The van der Waals surface area contributed by atoms with Crippen LogP contribution in [0.25, 0.3) is 0 Å². The molecule has 158 valence electrons. The Morgan fingerprint density at radius 3 is 2.43 bits per heavy atom. The van der Waals surface area contributed by atoms with E-state index in [1.807, 2.05) is 13.8 Å². The third-order valence-corrected chi connectivity index (χ3v) is 10.2. The largest absolute Gasteiger partial charge is 0.393 e. The van der Waals surface area contributed by atoms with Gasteiger partial charge in [-0.15, -0.1) is 0 Å². The average molecular weight is 391 g/mol. The number of Topliss-reactive ketones (excluding diaryl/α,β-unsaturated/α-hetero) is 1. The van der Waals surface area contributed by atoms with Gasteiger partial charge in [-0.1, -0.05) is 13.8 Å². The van der Waals surface area contributed by atoms with Crippen molar-refractivity contribution in [3.8, 4) is 0 Å². The summed E-state index contributed by atoms with van der Waals surface area (Å²) in [6, 6.07) is 0. The molecule has 0 aromatic heterocycles. The standard InChI is InChI=1S/C24H38O4/c1-14(25)24-20(27-21(2,3)28-24)13-19-17-7-6-15-12-16(26)8-10-22(15,4)18(17)9-11-23(19,24)5/h15-20,26H,6-13H2,1-5H3/t15-,16-,17+,18-,19+,20+,22-,23-,24+/m0/s1. The lowest BCUT2D eigenvalue weighted by atomic mass is 9.44. The Kier molecular flexibility index (Phi) is 4.06. The van der Waals surface area contributed by atoms with Gasteiger partial charge in [0.2, 0.25) is 0 Å². The van der Waals surface area contributed by atoms with Crippen molar-refractivity contribution in [2.75, 3.05) is 0 Å². The van der Waals surface area contributed by atoms with Crippen LogP contribution in [0.4, 0.5) is 0 Å². The van der Waals surface area contributed by atoms with Gasteiger partial charge in [0.05, 0.1) is 12.2 Å². The third kappa shape index (κ3) is 2.26. The molecule has 4 nitrogen and oxygen atoms in total. The number of hydrogen-bond donors (Lipinski definition) is 1. The van der Waals surface area contributed by atoms with Gasteiger partial charge in [-0.3, -0.25) is 4.79 Å². The Morgan fingerprint density at radius 1 is 0.964 bits per heavy atom. The van der Waals surface area contributed by atoms with Crippen molar-refractivity contribution in [3.05, 3.63) is 0 Å². The highest BCUT2D eigenvalue weighted by Crippen LogP contribution is 2.71. The molecule has 0 amide bonds. The van der Waals surface area contributed by atoms with Gasteiger partial charge < -0.3 is 14.6 Å². The van der Waals surface area contributed by atoms with E-state index in [0.717, 1.165) is 32.1 Å². The molecule has 5 fully saturated rings. The van der Waals surface area contributed by atoms with Gasteiger partial charge in [0.25, 0.3) is 0 Å². The molecule has 1 heterocycles. The fraction of sp³-hybridized carbons (Fsp3) is 0.958. The van der Waals surface area contributed by atoms with Crippen molar-refractivity contribution < 1.29 is 19.4 Å². The van der Waals surface area contributed by atoms with E-state index in [4.69, 9.17) is 9.47 Å². The second-order valence-electron chi connectivity index (χ2n) is 11.7. The Balaban J connectivity index is 1.50. The molecule has 1 aliphatic heterocycles. The molecule has 5 aliphatic rings. The summed E-state index contributed by atoms with van der Waals surface area (Å²) < 4.78 is 12.9. The monoisotopic (exact) mass is 390 g/mol. The first-order chi connectivity index (χ1) is 13.0. The molecule has 5 rings (SSSR count). The quantitative estimate of drug-likeness (QED) is 0.717. The minimum absolute atomic E-state index is 0.0978. The normalized spacial score (nSPS) is 57.1. The van der Waals surface area contributed by atoms with Crippen LogP contribution >= 0.6 is 0 Å². The number of aliphatic hydroxyl groups is 1. The van der Waals surface area contributed by atoms with Gasteiger partial charge in [0, 0.05) is 5.41 Å². The lowest BCUT2D eigenvalue weighted by molar-refractivity contribution is -0.219. The van der Waals surface area contributed by atoms with Crippen molar-refractivity contribution in [1.82, 2.24) is 0 Å². The van der Waals surface area contributed by atoms with E-state index in [1.165, 1.54) is 19.3 Å². The predicted molar refractivity (Wildman–Crippen MR) is 107 cm³/mol. The summed E-state index contributed by atoms with van der Waals surface area (Å²) >= 11 is 0. The second-order valence-corrected chi connectivity index (χ2v) is 11.7. The number of aliphatic hydroxyl groups excluding tert-OH is 1. The maximum atomic E-state index is 13.1. The highest BCUT2D eigenvalue weighted by Gasteiger charge is 2.75. The predicted octanol–water partition coefficient (Wildman–Crippen LogP) is 4.48. The van der Waals surface area contributed by atoms with Crippen molar-refractivity contribution in [1.29, 1.82) is 0 Å². The van der Waals surface area contributed by atoms with Crippen LogP contribution < -0.4 is 0 Å². The summed E-state index contributed by atoms with van der Waals surface area (Å²) in [6.07, 6.45) is 8.57. The smallest absolute Gasteiger partial charge is 0.164 e. The Morgan fingerprint density at radius 2 is 1.71 bits per heavy atom. The lowest BCUT2D eigenvalue weighted by Gasteiger charge is -2.61. The molecule has 4 aliphatic carbocycles. The van der Waals surface area contributed by atoms with Crippen LogP contribution in [0.5, 0.6) is 0 Å². The number of ether oxygens (including phenoxy) is 2. The maximum absolute atomic E-state index is 13.1.